The Morgan fingerprint density at radius 3 is 1.47 bits per heavy atom. The predicted molar refractivity (Wildman–Crippen MR) is 256 cm³/mol. The summed E-state index contributed by atoms with van der Waals surface area (Å²) in [5, 5.41) is 13.8. The van der Waals surface area contributed by atoms with Gasteiger partial charge >= 0.3 is 0 Å². The molecule has 0 heterocycles. The van der Waals surface area contributed by atoms with Gasteiger partial charge in [-0.05, 0) is 64.2 Å². The third-order valence-corrected chi connectivity index (χ3v) is 12.0. The van der Waals surface area contributed by atoms with Crippen molar-refractivity contribution in [3.8, 4) is 0 Å². The van der Waals surface area contributed by atoms with Crippen LogP contribution in [-0.2, 0) is 18.4 Å². The van der Waals surface area contributed by atoms with E-state index in [0.717, 1.165) is 57.8 Å². The van der Waals surface area contributed by atoms with Crippen LogP contribution in [0.25, 0.3) is 0 Å². The lowest BCUT2D eigenvalue weighted by molar-refractivity contribution is -0.870. The van der Waals surface area contributed by atoms with Crippen molar-refractivity contribution < 1.29 is 32.9 Å². The molecule has 0 rings (SSSR count). The lowest BCUT2D eigenvalue weighted by atomic mass is 10.0. The van der Waals surface area contributed by atoms with Crippen LogP contribution < -0.4 is 10.2 Å². The van der Waals surface area contributed by atoms with Crippen LogP contribution in [0.3, 0.4) is 0 Å². The van der Waals surface area contributed by atoms with Crippen molar-refractivity contribution in [2.75, 3.05) is 40.9 Å². The van der Waals surface area contributed by atoms with Gasteiger partial charge < -0.3 is 28.8 Å². The van der Waals surface area contributed by atoms with Crippen LogP contribution in [-0.4, -0.2) is 68.5 Å². The first-order chi connectivity index (χ1) is 29.0. The summed E-state index contributed by atoms with van der Waals surface area (Å²) in [6, 6.07) is -0.908. The van der Waals surface area contributed by atoms with E-state index in [-0.39, 0.29) is 12.5 Å². The fourth-order valence-corrected chi connectivity index (χ4v) is 7.74. The average molecular weight is 865 g/mol. The maximum absolute atomic E-state index is 12.9. The second-order valence-electron chi connectivity index (χ2n) is 18.2. The zero-order valence-electron chi connectivity index (χ0n) is 39.9. The smallest absolute Gasteiger partial charge is 0.268 e. The van der Waals surface area contributed by atoms with E-state index >= 15 is 0 Å². The molecule has 60 heavy (non-hydrogen) atoms. The first kappa shape index (κ1) is 58.5. The molecule has 8 nitrogen and oxygen atoms in total. The molecular formula is C51H97N2O6P. The Morgan fingerprint density at radius 1 is 0.583 bits per heavy atom. The number of phosphoric ester groups is 1. The standard InChI is InChI=1S/C51H97N2O6P/c1-6-8-10-12-14-16-18-20-22-24-26-27-28-30-32-34-36-38-40-42-44-50(54)49(48-59-60(56,57)58-47-46-53(3,4)5)52-51(55)45-43-41-39-37-35-33-31-29-25-23-21-19-17-15-13-11-9-7-2/h17,19,23,25,34,36,42,44,49-50,54H,6-16,18,20-22,24,26-33,35,37-41,43,45-48H2,1-5H3,(H-,52,55,56,57)/b19-17-,25-23-,36-34+,44-42+. The third kappa shape index (κ3) is 44.5. The zero-order chi connectivity index (χ0) is 44.3. The van der Waals surface area contributed by atoms with E-state index in [0.29, 0.717) is 17.4 Å². The normalized spacial score (nSPS) is 14.6. The number of amides is 1. The van der Waals surface area contributed by atoms with Gasteiger partial charge in [-0.15, -0.1) is 0 Å². The van der Waals surface area contributed by atoms with Crippen molar-refractivity contribution in [2.24, 2.45) is 0 Å². The molecule has 0 spiro atoms. The molecule has 0 saturated carbocycles. The van der Waals surface area contributed by atoms with Crippen LogP contribution in [0.5, 0.6) is 0 Å². The number of carbonyl (C=O) groups is 1. The summed E-state index contributed by atoms with van der Waals surface area (Å²) in [6.07, 6.45) is 54.5. The molecule has 0 aliphatic rings. The highest BCUT2D eigenvalue weighted by Gasteiger charge is 2.23. The quantitative estimate of drug-likeness (QED) is 0.0273. The van der Waals surface area contributed by atoms with Crippen molar-refractivity contribution >= 4 is 13.7 Å². The predicted octanol–water partition coefficient (Wildman–Crippen LogP) is 13.8. The molecule has 3 unspecified atom stereocenters. The lowest BCUT2D eigenvalue weighted by Gasteiger charge is -2.29. The Balaban J connectivity index is 4.40. The van der Waals surface area contributed by atoms with Gasteiger partial charge in [-0.25, -0.2) is 0 Å². The average Bonchev–Trinajstić information content (AvgIpc) is 3.20. The Kier molecular flexibility index (Phi) is 41.6. The van der Waals surface area contributed by atoms with Gasteiger partial charge in [-0.2, -0.15) is 0 Å². The molecular weight excluding hydrogens is 768 g/mol. The Bertz CT molecular complexity index is 1120. The van der Waals surface area contributed by atoms with Crippen LogP contribution >= 0.6 is 7.82 Å². The fourth-order valence-electron chi connectivity index (χ4n) is 7.02. The number of carbonyl (C=O) groups excluding carboxylic acids is 1. The van der Waals surface area contributed by atoms with E-state index in [1.807, 2.05) is 27.2 Å². The summed E-state index contributed by atoms with van der Waals surface area (Å²) < 4.78 is 23.2. The number of unbranched alkanes of at least 4 members (excludes halogenated alkanes) is 26. The number of hydrogen-bond donors (Lipinski definition) is 2. The minimum Gasteiger partial charge on any atom is -0.756 e. The third-order valence-electron chi connectivity index (χ3n) is 11.0. The molecule has 0 aromatic carbocycles. The summed E-state index contributed by atoms with van der Waals surface area (Å²) in [6.45, 7) is 4.61. The lowest BCUT2D eigenvalue weighted by Crippen LogP contribution is -2.45. The number of hydrogen-bond acceptors (Lipinski definition) is 6. The van der Waals surface area contributed by atoms with Gasteiger partial charge in [0.25, 0.3) is 7.82 Å². The number of phosphoric acid groups is 1. The summed E-state index contributed by atoms with van der Waals surface area (Å²) in [4.78, 5) is 25.4. The van der Waals surface area contributed by atoms with Crippen LogP contribution in [0.1, 0.15) is 219 Å². The molecule has 9 heteroatoms. The first-order valence-corrected chi connectivity index (χ1v) is 26.5. The van der Waals surface area contributed by atoms with Crippen molar-refractivity contribution in [1.29, 1.82) is 0 Å². The van der Waals surface area contributed by atoms with E-state index in [2.05, 4.69) is 55.6 Å². The summed E-state index contributed by atoms with van der Waals surface area (Å²) >= 11 is 0. The number of nitrogens with zero attached hydrogens (tertiary/aromatic N) is 1. The summed E-state index contributed by atoms with van der Waals surface area (Å²) in [7, 11) is 1.24. The number of aliphatic hydroxyl groups is 1. The molecule has 0 fully saturated rings. The second-order valence-corrected chi connectivity index (χ2v) is 19.6. The van der Waals surface area contributed by atoms with Gasteiger partial charge in [0.15, 0.2) is 0 Å². The van der Waals surface area contributed by atoms with Gasteiger partial charge in [0.05, 0.1) is 39.9 Å². The van der Waals surface area contributed by atoms with Crippen molar-refractivity contribution in [3.05, 3.63) is 48.6 Å². The molecule has 0 aliphatic heterocycles. The van der Waals surface area contributed by atoms with E-state index in [1.54, 1.807) is 6.08 Å². The van der Waals surface area contributed by atoms with Crippen LogP contribution in [0.2, 0.25) is 0 Å². The molecule has 3 atom stereocenters. The molecule has 0 aliphatic carbocycles. The molecule has 0 aromatic heterocycles. The molecule has 0 aromatic rings. The Labute approximate surface area is 371 Å². The monoisotopic (exact) mass is 865 g/mol. The van der Waals surface area contributed by atoms with Crippen molar-refractivity contribution in [1.82, 2.24) is 5.32 Å². The minimum atomic E-state index is -4.60. The number of rotatable bonds is 45. The van der Waals surface area contributed by atoms with Crippen molar-refractivity contribution in [3.63, 3.8) is 0 Å². The maximum Gasteiger partial charge on any atom is 0.268 e. The largest absolute Gasteiger partial charge is 0.756 e. The topological polar surface area (TPSA) is 108 Å². The number of quaternary nitrogens is 1. The van der Waals surface area contributed by atoms with E-state index in [1.165, 1.54) is 141 Å². The number of likely N-dealkylation sites (N-methyl/N-ethyl adjacent to an activating group) is 1. The van der Waals surface area contributed by atoms with Crippen LogP contribution in [0.4, 0.5) is 0 Å². The van der Waals surface area contributed by atoms with Gasteiger partial charge in [0, 0.05) is 6.42 Å². The zero-order valence-corrected chi connectivity index (χ0v) is 40.8. The highest BCUT2D eigenvalue weighted by molar-refractivity contribution is 7.45. The molecule has 352 valence electrons. The summed E-state index contributed by atoms with van der Waals surface area (Å²) in [5.41, 5.74) is 0. The van der Waals surface area contributed by atoms with Gasteiger partial charge in [0.2, 0.25) is 5.91 Å². The fraction of sp³-hybridized carbons (Fsp3) is 0.824. The molecule has 0 bridgehead atoms. The highest BCUT2D eigenvalue weighted by Crippen LogP contribution is 2.38. The number of allylic oxidation sites excluding steroid dienone is 7. The molecule has 1 amide bonds. The Hall–Kier alpha value is -1.54. The number of nitrogens with one attached hydrogen (secondary N) is 1. The molecule has 2 N–H and O–H groups in total. The van der Waals surface area contributed by atoms with E-state index in [4.69, 9.17) is 9.05 Å². The summed E-state index contributed by atoms with van der Waals surface area (Å²) in [5.74, 6) is -0.215. The van der Waals surface area contributed by atoms with E-state index in [9.17, 15) is 19.4 Å². The second kappa shape index (κ2) is 42.7. The van der Waals surface area contributed by atoms with Crippen molar-refractivity contribution in [2.45, 2.75) is 231 Å². The number of aliphatic hydroxyl groups excluding tert-OH is 1. The first-order valence-electron chi connectivity index (χ1n) is 25.0. The van der Waals surface area contributed by atoms with E-state index < -0.39 is 26.6 Å². The Morgan fingerprint density at radius 2 is 0.983 bits per heavy atom. The van der Waals surface area contributed by atoms with Gasteiger partial charge in [-0.3, -0.25) is 9.36 Å². The van der Waals surface area contributed by atoms with Gasteiger partial charge in [0.1, 0.15) is 13.2 Å². The molecule has 0 radical (unpaired) electrons. The van der Waals surface area contributed by atoms with Gasteiger partial charge in [-0.1, -0.05) is 197 Å². The minimum absolute atomic E-state index is 0.00903. The highest BCUT2D eigenvalue weighted by atomic mass is 31.2. The molecule has 0 saturated heterocycles. The maximum atomic E-state index is 12.9. The van der Waals surface area contributed by atoms with Crippen LogP contribution in [0.15, 0.2) is 48.6 Å². The van der Waals surface area contributed by atoms with Crippen LogP contribution in [0, 0.1) is 0 Å². The SMILES string of the molecule is CCCCCC/C=C\C/C=C\CCCCCCCCCC(=O)NC(COP(=O)([O-])OCC[N+](C)(C)C)C(O)/C=C/CC/C=C/CCCCCCCCCCCCCCCC.